The minimum atomic E-state index is -0.228. The molecule has 2 aromatic heterocycles. The van der Waals surface area contributed by atoms with Gasteiger partial charge in [-0.2, -0.15) is 0 Å². The van der Waals surface area contributed by atoms with Crippen molar-refractivity contribution in [3.8, 4) is 0 Å². The number of nitrogens with one attached hydrogen (secondary N) is 2. The monoisotopic (exact) mass is 373 g/mol. The van der Waals surface area contributed by atoms with Crippen LogP contribution >= 0.6 is 11.3 Å². The highest BCUT2D eigenvalue weighted by atomic mass is 32.1. The van der Waals surface area contributed by atoms with Crippen LogP contribution in [0.5, 0.6) is 0 Å². The molecule has 0 atom stereocenters. The predicted octanol–water partition coefficient (Wildman–Crippen LogP) is 0.941. The van der Waals surface area contributed by atoms with Gasteiger partial charge in [-0.15, -0.1) is 11.3 Å². The van der Waals surface area contributed by atoms with Crippen molar-refractivity contribution < 1.29 is 9.59 Å². The number of anilines is 1. The van der Waals surface area contributed by atoms with Gasteiger partial charge in [0.1, 0.15) is 5.82 Å². The second kappa shape index (κ2) is 8.77. The van der Waals surface area contributed by atoms with Gasteiger partial charge >= 0.3 is 0 Å². The summed E-state index contributed by atoms with van der Waals surface area (Å²) < 4.78 is 0. The van der Waals surface area contributed by atoms with Gasteiger partial charge in [0, 0.05) is 38.9 Å². The fraction of sp³-hybridized carbons (Fsp3) is 0.389. The molecule has 1 aliphatic heterocycles. The lowest BCUT2D eigenvalue weighted by molar-refractivity contribution is -0.120. The minimum Gasteiger partial charge on any atom is -0.354 e. The number of carbonyl (C=O) groups is 2. The highest BCUT2D eigenvalue weighted by molar-refractivity contribution is 7.12. The maximum atomic E-state index is 11.9. The summed E-state index contributed by atoms with van der Waals surface area (Å²) >= 11 is 1.35. The molecule has 2 aromatic rings. The van der Waals surface area contributed by atoms with Gasteiger partial charge in [-0.3, -0.25) is 9.59 Å². The summed E-state index contributed by atoms with van der Waals surface area (Å²) in [6.07, 6.45) is 1.79. The smallest absolute Gasteiger partial charge is 0.261 e. The number of hydrogen-bond donors (Lipinski definition) is 2. The first kappa shape index (κ1) is 18.3. The number of carbonyl (C=O) groups excluding carboxylic acids is 2. The summed E-state index contributed by atoms with van der Waals surface area (Å²) in [6.45, 7) is 4.38. The Labute approximate surface area is 157 Å². The van der Waals surface area contributed by atoms with Crippen LogP contribution in [0.4, 0.5) is 5.82 Å². The zero-order valence-electron chi connectivity index (χ0n) is 14.8. The number of piperazine rings is 1. The fourth-order valence-electron chi connectivity index (χ4n) is 2.66. The maximum Gasteiger partial charge on any atom is 0.261 e. The van der Waals surface area contributed by atoms with Crippen LogP contribution in [0.25, 0.3) is 0 Å². The molecule has 7 nitrogen and oxygen atoms in total. The van der Waals surface area contributed by atoms with E-state index in [0.29, 0.717) is 11.4 Å². The Morgan fingerprint density at radius 3 is 2.62 bits per heavy atom. The molecule has 2 N–H and O–H groups in total. The van der Waals surface area contributed by atoms with E-state index in [1.165, 1.54) is 11.3 Å². The molecule has 138 valence electrons. The molecule has 26 heavy (non-hydrogen) atoms. The van der Waals surface area contributed by atoms with E-state index >= 15 is 0 Å². The lowest BCUT2D eigenvalue weighted by Crippen LogP contribution is -2.44. The van der Waals surface area contributed by atoms with Crippen molar-refractivity contribution in [3.63, 3.8) is 0 Å². The van der Waals surface area contributed by atoms with Gasteiger partial charge in [-0.25, -0.2) is 4.98 Å². The van der Waals surface area contributed by atoms with Crippen molar-refractivity contribution in [1.82, 2.24) is 20.5 Å². The van der Waals surface area contributed by atoms with Gasteiger partial charge in [0.15, 0.2) is 0 Å². The molecule has 1 aliphatic rings. The van der Waals surface area contributed by atoms with E-state index in [2.05, 4.69) is 32.5 Å². The Morgan fingerprint density at radius 2 is 1.96 bits per heavy atom. The number of hydrogen-bond acceptors (Lipinski definition) is 6. The van der Waals surface area contributed by atoms with Crippen molar-refractivity contribution >= 4 is 29.0 Å². The van der Waals surface area contributed by atoms with Crippen LogP contribution in [-0.2, 0) is 11.3 Å². The number of amides is 2. The van der Waals surface area contributed by atoms with Crippen LogP contribution in [0, 0.1) is 0 Å². The van der Waals surface area contributed by atoms with Crippen molar-refractivity contribution in [1.29, 1.82) is 0 Å². The molecule has 3 heterocycles. The van der Waals surface area contributed by atoms with E-state index in [1.807, 2.05) is 17.5 Å². The summed E-state index contributed by atoms with van der Waals surface area (Å²) in [5, 5.41) is 7.23. The van der Waals surface area contributed by atoms with Crippen molar-refractivity contribution in [3.05, 3.63) is 46.3 Å². The minimum absolute atomic E-state index is 0.0382. The molecule has 0 spiro atoms. The Kier molecular flexibility index (Phi) is 6.19. The zero-order chi connectivity index (χ0) is 18.4. The molecule has 2 amide bonds. The van der Waals surface area contributed by atoms with Crippen molar-refractivity contribution in [2.75, 3.05) is 44.7 Å². The normalized spacial score (nSPS) is 14.9. The largest absolute Gasteiger partial charge is 0.354 e. The number of nitrogens with zero attached hydrogens (tertiary/aromatic N) is 3. The lowest BCUT2D eigenvalue weighted by atomic mass is 10.2. The summed E-state index contributed by atoms with van der Waals surface area (Å²) in [5.74, 6) is 0.516. The molecule has 1 saturated heterocycles. The highest BCUT2D eigenvalue weighted by Gasteiger charge is 2.15. The van der Waals surface area contributed by atoms with Crippen molar-refractivity contribution in [2.24, 2.45) is 0 Å². The van der Waals surface area contributed by atoms with Gasteiger partial charge in [0.25, 0.3) is 5.91 Å². The van der Waals surface area contributed by atoms with Crippen LogP contribution in [0.3, 0.4) is 0 Å². The number of rotatable bonds is 6. The first-order valence-corrected chi connectivity index (χ1v) is 9.46. The third-order valence-corrected chi connectivity index (χ3v) is 5.15. The Bertz CT molecular complexity index is 725. The quantitative estimate of drug-likeness (QED) is 0.788. The maximum absolute atomic E-state index is 11.9. The van der Waals surface area contributed by atoms with Gasteiger partial charge in [0.2, 0.25) is 5.91 Å². The summed E-state index contributed by atoms with van der Waals surface area (Å²) in [7, 11) is 2.12. The van der Waals surface area contributed by atoms with E-state index in [0.717, 1.165) is 37.6 Å². The summed E-state index contributed by atoms with van der Waals surface area (Å²) in [6, 6.07) is 7.50. The molecule has 0 aromatic carbocycles. The molecular formula is C18H23N5O2S. The molecule has 0 radical (unpaired) electrons. The molecule has 3 rings (SSSR count). The number of likely N-dealkylation sites (N-methyl/N-ethyl adjacent to an activating group) is 1. The number of pyridine rings is 1. The standard InChI is InChI=1S/C18H23N5O2S/c1-22-6-8-23(9-7-22)16-5-4-14(11-19-16)12-20-17(24)13-21-18(25)15-3-2-10-26-15/h2-5,10-11H,6-9,12-13H2,1H3,(H,20,24)(H,21,25). The average molecular weight is 373 g/mol. The first-order chi connectivity index (χ1) is 12.6. The van der Waals surface area contributed by atoms with Crippen LogP contribution in [0.2, 0.25) is 0 Å². The predicted molar refractivity (Wildman–Crippen MR) is 102 cm³/mol. The van der Waals surface area contributed by atoms with Crippen LogP contribution in [-0.4, -0.2) is 61.5 Å². The molecule has 0 bridgehead atoms. The van der Waals surface area contributed by atoms with Crippen LogP contribution < -0.4 is 15.5 Å². The van der Waals surface area contributed by atoms with Gasteiger partial charge < -0.3 is 20.4 Å². The van der Waals surface area contributed by atoms with Gasteiger partial charge in [0.05, 0.1) is 11.4 Å². The second-order valence-electron chi connectivity index (χ2n) is 6.25. The van der Waals surface area contributed by atoms with E-state index < -0.39 is 0 Å². The average Bonchev–Trinajstić information content (AvgIpc) is 3.20. The van der Waals surface area contributed by atoms with Crippen LogP contribution in [0.15, 0.2) is 35.8 Å². The van der Waals surface area contributed by atoms with E-state index in [-0.39, 0.29) is 18.4 Å². The molecule has 1 fully saturated rings. The van der Waals surface area contributed by atoms with Gasteiger partial charge in [-0.05, 0) is 30.1 Å². The molecule has 8 heteroatoms. The van der Waals surface area contributed by atoms with Crippen molar-refractivity contribution in [2.45, 2.75) is 6.54 Å². The van der Waals surface area contributed by atoms with Gasteiger partial charge in [-0.1, -0.05) is 12.1 Å². The molecule has 0 saturated carbocycles. The van der Waals surface area contributed by atoms with E-state index in [4.69, 9.17) is 0 Å². The Morgan fingerprint density at radius 1 is 1.15 bits per heavy atom. The highest BCUT2D eigenvalue weighted by Crippen LogP contribution is 2.13. The van der Waals surface area contributed by atoms with E-state index in [1.54, 1.807) is 18.3 Å². The zero-order valence-corrected chi connectivity index (χ0v) is 15.6. The van der Waals surface area contributed by atoms with Crippen LogP contribution in [0.1, 0.15) is 15.2 Å². The third kappa shape index (κ3) is 5.03. The Hall–Kier alpha value is -2.45. The summed E-state index contributed by atoms with van der Waals surface area (Å²) in [5.41, 5.74) is 0.931. The number of aromatic nitrogens is 1. The molecule has 0 unspecified atom stereocenters. The molecule has 0 aliphatic carbocycles. The Balaban J connectivity index is 1.41. The third-order valence-electron chi connectivity index (χ3n) is 4.28. The molecular weight excluding hydrogens is 350 g/mol. The summed E-state index contributed by atoms with van der Waals surface area (Å²) in [4.78, 5) is 33.3. The fourth-order valence-corrected chi connectivity index (χ4v) is 3.30. The van der Waals surface area contributed by atoms with E-state index in [9.17, 15) is 9.59 Å². The SMILES string of the molecule is CN1CCN(c2ccc(CNC(=O)CNC(=O)c3cccs3)cn2)CC1. The first-order valence-electron chi connectivity index (χ1n) is 8.58. The lowest BCUT2D eigenvalue weighted by Gasteiger charge is -2.33. The topological polar surface area (TPSA) is 77.6 Å². The number of thiophene rings is 1. The second-order valence-corrected chi connectivity index (χ2v) is 7.20.